The van der Waals surface area contributed by atoms with E-state index in [0.717, 1.165) is 11.1 Å². The number of fused-ring (bicyclic) bond motifs is 1. The molecule has 0 radical (unpaired) electrons. The van der Waals surface area contributed by atoms with E-state index in [1.165, 1.54) is 0 Å². The second kappa shape index (κ2) is 8.69. The van der Waals surface area contributed by atoms with E-state index in [0.29, 0.717) is 29.4 Å². The van der Waals surface area contributed by atoms with Gasteiger partial charge in [0.2, 0.25) is 0 Å². The van der Waals surface area contributed by atoms with Gasteiger partial charge in [0.15, 0.2) is 13.2 Å². The van der Waals surface area contributed by atoms with E-state index in [1.807, 2.05) is 49.4 Å². The van der Waals surface area contributed by atoms with Gasteiger partial charge in [-0.15, -0.1) is 0 Å². The Morgan fingerprint density at radius 3 is 2.60 bits per heavy atom. The van der Waals surface area contributed by atoms with Gasteiger partial charge < -0.3 is 19.7 Å². The Labute approximate surface area is 175 Å². The first-order chi connectivity index (χ1) is 14.6. The van der Waals surface area contributed by atoms with Crippen LogP contribution < -0.4 is 19.7 Å². The quantitative estimate of drug-likeness (QED) is 0.678. The summed E-state index contributed by atoms with van der Waals surface area (Å²) >= 11 is 0. The number of rotatable bonds is 6. The zero-order valence-corrected chi connectivity index (χ0v) is 16.6. The van der Waals surface area contributed by atoms with Crippen LogP contribution >= 0.6 is 0 Å². The summed E-state index contributed by atoms with van der Waals surface area (Å²) in [5.74, 6) is 0.826. The van der Waals surface area contributed by atoms with Crippen LogP contribution in [0.4, 0.5) is 11.4 Å². The fourth-order valence-electron chi connectivity index (χ4n) is 3.19. The van der Waals surface area contributed by atoms with Crippen molar-refractivity contribution in [2.45, 2.75) is 13.5 Å². The van der Waals surface area contributed by atoms with E-state index in [2.05, 4.69) is 5.32 Å². The monoisotopic (exact) mass is 402 g/mol. The molecule has 1 N–H and O–H groups in total. The zero-order chi connectivity index (χ0) is 20.9. The number of para-hydroxylation sites is 1. The molecule has 30 heavy (non-hydrogen) atoms. The molecule has 0 unspecified atom stereocenters. The molecule has 0 aliphatic carbocycles. The highest BCUT2D eigenvalue weighted by molar-refractivity contribution is 5.99. The van der Waals surface area contributed by atoms with E-state index in [-0.39, 0.29) is 25.0 Å². The van der Waals surface area contributed by atoms with Crippen molar-refractivity contribution in [3.05, 3.63) is 83.9 Å². The number of hydrogen-bond donors (Lipinski definition) is 1. The molecule has 6 heteroatoms. The van der Waals surface area contributed by atoms with Gasteiger partial charge >= 0.3 is 0 Å². The molecule has 1 aliphatic rings. The second-order valence-corrected chi connectivity index (χ2v) is 7.09. The smallest absolute Gasteiger partial charge is 0.265 e. The normalized spacial score (nSPS) is 12.7. The summed E-state index contributed by atoms with van der Waals surface area (Å²) in [6.07, 6.45) is 0. The highest BCUT2D eigenvalue weighted by Gasteiger charge is 2.26. The maximum atomic E-state index is 12.5. The molecule has 152 valence electrons. The van der Waals surface area contributed by atoms with E-state index >= 15 is 0 Å². The first kappa shape index (κ1) is 19.5. The van der Waals surface area contributed by atoms with Gasteiger partial charge in [0.25, 0.3) is 11.8 Å². The van der Waals surface area contributed by atoms with Crippen LogP contribution in [0.15, 0.2) is 72.8 Å². The summed E-state index contributed by atoms with van der Waals surface area (Å²) in [7, 11) is 0. The van der Waals surface area contributed by atoms with E-state index < -0.39 is 0 Å². The lowest BCUT2D eigenvalue weighted by Crippen LogP contribution is -2.38. The summed E-state index contributed by atoms with van der Waals surface area (Å²) in [6, 6.07) is 22.5. The van der Waals surface area contributed by atoms with Crippen LogP contribution in [0.2, 0.25) is 0 Å². The average Bonchev–Trinajstić information content (AvgIpc) is 2.76. The number of nitrogens with zero attached hydrogens (tertiary/aromatic N) is 1. The summed E-state index contributed by atoms with van der Waals surface area (Å²) in [4.78, 5) is 26.5. The number of benzene rings is 3. The Hall–Kier alpha value is -3.80. The van der Waals surface area contributed by atoms with Crippen molar-refractivity contribution in [1.82, 2.24) is 0 Å². The molecule has 6 nitrogen and oxygen atoms in total. The molecule has 3 aromatic carbocycles. The van der Waals surface area contributed by atoms with Crippen LogP contribution in [0.5, 0.6) is 11.5 Å². The lowest BCUT2D eigenvalue weighted by Gasteiger charge is -2.30. The third-order valence-electron chi connectivity index (χ3n) is 4.76. The van der Waals surface area contributed by atoms with E-state index in [9.17, 15) is 9.59 Å². The highest BCUT2D eigenvalue weighted by atomic mass is 16.5. The van der Waals surface area contributed by atoms with Crippen LogP contribution in [0.3, 0.4) is 0 Å². The number of ether oxygens (including phenoxy) is 2. The molecule has 2 amide bonds. The van der Waals surface area contributed by atoms with Crippen molar-refractivity contribution >= 4 is 23.2 Å². The Morgan fingerprint density at radius 2 is 1.83 bits per heavy atom. The largest absolute Gasteiger partial charge is 0.484 e. The van der Waals surface area contributed by atoms with E-state index in [4.69, 9.17) is 9.47 Å². The van der Waals surface area contributed by atoms with Crippen LogP contribution in [-0.4, -0.2) is 25.0 Å². The van der Waals surface area contributed by atoms with Crippen molar-refractivity contribution in [3.63, 3.8) is 0 Å². The van der Waals surface area contributed by atoms with Gasteiger partial charge in [-0.2, -0.15) is 0 Å². The van der Waals surface area contributed by atoms with Gasteiger partial charge in [0.1, 0.15) is 11.5 Å². The molecular weight excluding hydrogens is 380 g/mol. The van der Waals surface area contributed by atoms with Crippen LogP contribution in [-0.2, 0) is 16.1 Å². The molecule has 0 aromatic heterocycles. The second-order valence-electron chi connectivity index (χ2n) is 7.09. The van der Waals surface area contributed by atoms with Gasteiger partial charge in [0.05, 0.1) is 12.2 Å². The van der Waals surface area contributed by atoms with Crippen molar-refractivity contribution in [2.75, 3.05) is 23.4 Å². The topological polar surface area (TPSA) is 67.9 Å². The number of anilines is 2. The lowest BCUT2D eigenvalue weighted by molar-refractivity contribution is -0.121. The van der Waals surface area contributed by atoms with Crippen molar-refractivity contribution in [2.24, 2.45) is 0 Å². The summed E-state index contributed by atoms with van der Waals surface area (Å²) in [5, 5.41) is 2.81. The van der Waals surface area contributed by atoms with E-state index in [1.54, 1.807) is 35.2 Å². The minimum atomic E-state index is -0.285. The van der Waals surface area contributed by atoms with Gasteiger partial charge in [0, 0.05) is 5.69 Å². The maximum Gasteiger partial charge on any atom is 0.265 e. The number of amides is 2. The number of nitrogens with one attached hydrogen (secondary N) is 1. The van der Waals surface area contributed by atoms with Crippen LogP contribution in [0.25, 0.3) is 0 Å². The standard InChI is InChI=1S/C24H22N2O4/c1-17-7-9-18(10-8-17)14-26-21-13-19(11-12-22(21)30-16-24(26)28)25-23(27)15-29-20-5-3-2-4-6-20/h2-13H,14-16H2,1H3,(H,25,27). The van der Waals surface area contributed by atoms with Gasteiger partial charge in [-0.05, 0) is 42.8 Å². The maximum absolute atomic E-state index is 12.5. The SMILES string of the molecule is Cc1ccc(CN2C(=O)COc3ccc(NC(=O)COc4ccccc4)cc32)cc1. The van der Waals surface area contributed by atoms with Crippen molar-refractivity contribution in [1.29, 1.82) is 0 Å². The molecule has 0 fully saturated rings. The van der Waals surface area contributed by atoms with Gasteiger partial charge in [-0.1, -0.05) is 48.0 Å². The fraction of sp³-hybridized carbons (Fsp3) is 0.167. The third-order valence-corrected chi connectivity index (χ3v) is 4.76. The first-order valence-corrected chi connectivity index (χ1v) is 9.69. The molecule has 0 spiro atoms. The minimum Gasteiger partial charge on any atom is -0.484 e. The highest BCUT2D eigenvalue weighted by Crippen LogP contribution is 2.35. The predicted molar refractivity (Wildman–Crippen MR) is 115 cm³/mol. The first-order valence-electron chi connectivity index (χ1n) is 9.69. The lowest BCUT2D eigenvalue weighted by atomic mass is 10.1. The molecule has 4 rings (SSSR count). The molecule has 1 aliphatic heterocycles. The van der Waals surface area contributed by atoms with Gasteiger partial charge in [-0.25, -0.2) is 0 Å². The molecule has 0 bridgehead atoms. The number of aryl methyl sites for hydroxylation is 1. The third kappa shape index (κ3) is 4.60. The van der Waals surface area contributed by atoms with Crippen LogP contribution in [0, 0.1) is 6.92 Å². The molecule has 0 saturated heterocycles. The Bertz CT molecular complexity index is 1050. The summed E-state index contributed by atoms with van der Waals surface area (Å²) < 4.78 is 11.0. The molecule has 0 atom stereocenters. The molecule has 0 saturated carbocycles. The summed E-state index contributed by atoms with van der Waals surface area (Å²) in [5.41, 5.74) is 3.39. The number of carbonyl (C=O) groups excluding carboxylic acids is 2. The predicted octanol–water partition coefficient (Wildman–Crippen LogP) is 3.94. The minimum absolute atomic E-state index is 0.00448. The Morgan fingerprint density at radius 1 is 1.07 bits per heavy atom. The molecule has 3 aromatic rings. The van der Waals surface area contributed by atoms with Crippen molar-refractivity contribution in [3.8, 4) is 11.5 Å². The van der Waals surface area contributed by atoms with Crippen molar-refractivity contribution < 1.29 is 19.1 Å². The van der Waals surface area contributed by atoms with Crippen LogP contribution in [0.1, 0.15) is 11.1 Å². The molecule has 1 heterocycles. The Kier molecular flexibility index (Phi) is 5.66. The zero-order valence-electron chi connectivity index (χ0n) is 16.6. The Balaban J connectivity index is 1.47. The number of carbonyl (C=O) groups is 2. The summed E-state index contributed by atoms with van der Waals surface area (Å²) in [6.45, 7) is 2.35. The molecular formula is C24H22N2O4. The van der Waals surface area contributed by atoms with Gasteiger partial charge in [-0.3, -0.25) is 9.59 Å². The average molecular weight is 402 g/mol. The fourth-order valence-corrected chi connectivity index (χ4v) is 3.19. The number of hydrogen-bond acceptors (Lipinski definition) is 4.